The molecular weight excluding hydrogens is 259 g/mol. The van der Waals surface area contributed by atoms with E-state index in [1.165, 1.54) is 0 Å². The highest BCUT2D eigenvalue weighted by atomic mass is 35.5. The fourth-order valence-corrected chi connectivity index (χ4v) is 2.04. The highest BCUT2D eigenvalue weighted by Gasteiger charge is 2.28. The first-order chi connectivity index (χ1) is 8.02. The van der Waals surface area contributed by atoms with Gasteiger partial charge in [-0.2, -0.15) is 0 Å². The summed E-state index contributed by atoms with van der Waals surface area (Å²) in [4.78, 5) is 20.4. The molecule has 5 heteroatoms. The summed E-state index contributed by atoms with van der Waals surface area (Å²) >= 11 is 11.9. The average Bonchev–Trinajstić information content (AvgIpc) is 2.68. The number of rotatable bonds is 3. The number of Topliss-reactive ketones (excluding diaryl/α,β-unsaturated/α-hetero) is 1. The van der Waals surface area contributed by atoms with Gasteiger partial charge in [0.25, 0.3) is 0 Å². The Labute approximate surface area is 109 Å². The Kier molecular flexibility index (Phi) is 3.31. The summed E-state index contributed by atoms with van der Waals surface area (Å²) in [5.41, 5.74) is -0.291. The van der Waals surface area contributed by atoms with Gasteiger partial charge >= 0.3 is 0 Å². The van der Waals surface area contributed by atoms with E-state index in [2.05, 4.69) is 9.98 Å². The third-order valence-corrected chi connectivity index (χ3v) is 3.34. The van der Waals surface area contributed by atoms with Crippen LogP contribution in [0.5, 0.6) is 0 Å². The van der Waals surface area contributed by atoms with Crippen molar-refractivity contribution >= 4 is 41.4 Å². The minimum Gasteiger partial charge on any atom is -0.294 e. The molecule has 0 aromatic heterocycles. The van der Waals surface area contributed by atoms with E-state index in [1.54, 1.807) is 37.6 Å². The van der Waals surface area contributed by atoms with E-state index in [9.17, 15) is 4.79 Å². The van der Waals surface area contributed by atoms with E-state index in [0.29, 0.717) is 10.6 Å². The summed E-state index contributed by atoms with van der Waals surface area (Å²) in [6.07, 6.45) is 3.36. The van der Waals surface area contributed by atoms with Crippen molar-refractivity contribution in [1.82, 2.24) is 0 Å². The maximum atomic E-state index is 12.1. The van der Waals surface area contributed by atoms with Gasteiger partial charge < -0.3 is 0 Å². The Morgan fingerprint density at radius 1 is 1.29 bits per heavy atom. The van der Waals surface area contributed by atoms with Gasteiger partial charge in [0.1, 0.15) is 0 Å². The van der Waals surface area contributed by atoms with Crippen LogP contribution >= 0.6 is 23.2 Å². The van der Waals surface area contributed by atoms with Crippen molar-refractivity contribution in [1.29, 1.82) is 0 Å². The van der Waals surface area contributed by atoms with Crippen molar-refractivity contribution in [2.24, 2.45) is 9.98 Å². The number of carbonyl (C=O) groups is 1. The lowest BCUT2D eigenvalue weighted by molar-refractivity contribution is 0.0959. The summed E-state index contributed by atoms with van der Waals surface area (Å²) in [5, 5.41) is 0.662. The number of ketones is 1. The molecule has 0 unspecified atom stereocenters. The monoisotopic (exact) mass is 268 g/mol. The SMILES string of the molecule is CC1(CC(=O)c2cccc(Cl)c2Cl)N=CC=N1. The lowest BCUT2D eigenvalue weighted by Gasteiger charge is -2.16. The van der Waals surface area contributed by atoms with Crippen LogP contribution in [-0.2, 0) is 0 Å². The van der Waals surface area contributed by atoms with Gasteiger partial charge in [-0.3, -0.25) is 14.8 Å². The molecule has 17 heavy (non-hydrogen) atoms. The lowest BCUT2D eigenvalue weighted by atomic mass is 10.0. The molecule has 1 aromatic carbocycles. The van der Waals surface area contributed by atoms with Crippen LogP contribution in [0.25, 0.3) is 0 Å². The van der Waals surface area contributed by atoms with Gasteiger partial charge in [0.15, 0.2) is 11.4 Å². The Balaban J connectivity index is 2.24. The maximum absolute atomic E-state index is 12.1. The van der Waals surface area contributed by atoms with Crippen molar-refractivity contribution in [3.05, 3.63) is 33.8 Å². The summed E-state index contributed by atoms with van der Waals surface area (Å²) in [5.74, 6) is -0.115. The van der Waals surface area contributed by atoms with Gasteiger partial charge in [-0.05, 0) is 19.1 Å². The number of hydrogen-bond acceptors (Lipinski definition) is 3. The molecule has 1 aromatic rings. The standard InChI is InChI=1S/C12H10Cl2N2O/c1-12(15-5-6-16-12)7-10(17)8-3-2-4-9(13)11(8)14/h2-6H,7H2,1H3. The van der Waals surface area contributed by atoms with Crippen molar-refractivity contribution in [2.75, 3.05) is 0 Å². The Bertz CT molecular complexity index is 511. The first-order valence-electron chi connectivity index (χ1n) is 5.08. The molecule has 3 nitrogen and oxygen atoms in total. The van der Waals surface area contributed by atoms with Crippen LogP contribution in [0.4, 0.5) is 0 Å². The Morgan fingerprint density at radius 2 is 1.94 bits per heavy atom. The van der Waals surface area contributed by atoms with E-state index < -0.39 is 5.66 Å². The Hall–Kier alpha value is -1.19. The molecule has 0 saturated heterocycles. The van der Waals surface area contributed by atoms with Crippen LogP contribution in [0.1, 0.15) is 23.7 Å². The average molecular weight is 269 g/mol. The maximum Gasteiger partial charge on any atom is 0.168 e. The molecule has 0 atom stereocenters. The van der Waals surface area contributed by atoms with Crippen LogP contribution in [0.15, 0.2) is 28.2 Å². The van der Waals surface area contributed by atoms with Gasteiger partial charge in [-0.25, -0.2) is 0 Å². The topological polar surface area (TPSA) is 41.8 Å². The third kappa shape index (κ3) is 2.56. The van der Waals surface area contributed by atoms with E-state index >= 15 is 0 Å². The molecule has 0 radical (unpaired) electrons. The summed E-state index contributed by atoms with van der Waals surface area (Å²) < 4.78 is 0. The number of aliphatic imine (C=N–C) groups is 2. The van der Waals surface area contributed by atoms with E-state index in [0.717, 1.165) is 0 Å². The molecule has 0 spiro atoms. The lowest BCUT2D eigenvalue weighted by Crippen LogP contribution is -2.21. The number of nitrogens with zero attached hydrogens (tertiary/aromatic N) is 2. The molecule has 0 fully saturated rings. The van der Waals surface area contributed by atoms with Crippen LogP contribution in [0, 0.1) is 0 Å². The number of hydrogen-bond donors (Lipinski definition) is 0. The Morgan fingerprint density at radius 3 is 2.59 bits per heavy atom. The fraction of sp³-hybridized carbons (Fsp3) is 0.250. The molecule has 0 aliphatic carbocycles. The number of carbonyl (C=O) groups excluding carboxylic acids is 1. The van der Waals surface area contributed by atoms with Crippen molar-refractivity contribution in [3.8, 4) is 0 Å². The first kappa shape index (κ1) is 12.3. The first-order valence-corrected chi connectivity index (χ1v) is 5.84. The number of halogens is 2. The zero-order valence-corrected chi connectivity index (χ0v) is 10.7. The van der Waals surface area contributed by atoms with Crippen molar-refractivity contribution in [3.63, 3.8) is 0 Å². The molecular formula is C12H10Cl2N2O. The minimum absolute atomic E-state index is 0.115. The third-order valence-electron chi connectivity index (χ3n) is 2.52. The van der Waals surface area contributed by atoms with Crippen molar-refractivity contribution < 1.29 is 4.79 Å². The largest absolute Gasteiger partial charge is 0.294 e. The predicted molar refractivity (Wildman–Crippen MR) is 70.8 cm³/mol. The van der Waals surface area contributed by atoms with E-state index in [-0.39, 0.29) is 17.2 Å². The summed E-state index contributed by atoms with van der Waals surface area (Å²) in [6.45, 7) is 1.79. The normalized spacial score (nSPS) is 16.4. The summed E-state index contributed by atoms with van der Waals surface area (Å²) in [7, 11) is 0. The van der Waals surface area contributed by atoms with Gasteiger partial charge in [0, 0.05) is 18.0 Å². The fourth-order valence-electron chi connectivity index (χ4n) is 1.63. The highest BCUT2D eigenvalue weighted by molar-refractivity contribution is 6.43. The van der Waals surface area contributed by atoms with Gasteiger partial charge in [-0.1, -0.05) is 29.3 Å². The second kappa shape index (κ2) is 4.59. The predicted octanol–water partition coefficient (Wildman–Crippen LogP) is 3.44. The van der Waals surface area contributed by atoms with Crippen LogP contribution in [-0.4, -0.2) is 23.9 Å². The van der Waals surface area contributed by atoms with E-state index in [1.807, 2.05) is 0 Å². The highest BCUT2D eigenvalue weighted by Crippen LogP contribution is 2.29. The quantitative estimate of drug-likeness (QED) is 0.775. The van der Waals surface area contributed by atoms with Crippen LogP contribution < -0.4 is 0 Å². The molecule has 1 aliphatic rings. The molecule has 0 bridgehead atoms. The van der Waals surface area contributed by atoms with Crippen LogP contribution in [0.3, 0.4) is 0 Å². The zero-order chi connectivity index (χ0) is 12.5. The van der Waals surface area contributed by atoms with Crippen LogP contribution in [0.2, 0.25) is 10.0 Å². The van der Waals surface area contributed by atoms with E-state index in [4.69, 9.17) is 23.2 Å². The molecule has 0 saturated carbocycles. The molecule has 88 valence electrons. The summed E-state index contributed by atoms with van der Waals surface area (Å²) in [6, 6.07) is 5.00. The molecule has 0 amide bonds. The van der Waals surface area contributed by atoms with Gasteiger partial charge in [0.05, 0.1) is 16.5 Å². The van der Waals surface area contributed by atoms with Gasteiger partial charge in [-0.15, -0.1) is 0 Å². The number of benzene rings is 1. The minimum atomic E-state index is -0.706. The van der Waals surface area contributed by atoms with Gasteiger partial charge in [0.2, 0.25) is 0 Å². The molecule has 1 aliphatic heterocycles. The second-order valence-electron chi connectivity index (χ2n) is 3.97. The molecule has 2 rings (SSSR count). The second-order valence-corrected chi connectivity index (χ2v) is 4.76. The zero-order valence-electron chi connectivity index (χ0n) is 9.15. The molecule has 1 heterocycles. The molecule has 0 N–H and O–H groups in total. The smallest absolute Gasteiger partial charge is 0.168 e. The van der Waals surface area contributed by atoms with Crippen molar-refractivity contribution in [2.45, 2.75) is 19.0 Å².